The predicted octanol–water partition coefficient (Wildman–Crippen LogP) is 4.73. The zero-order valence-corrected chi connectivity index (χ0v) is 15.0. The standard InChI is InChI=1S/C17H9BrClF2NO3/c1-24-15-3-2-9(18)4-8(15)5-14-17(23)25-16(22-14)10-6-12(20)13(21)7-11(10)19/h2-7H,1H3/b14-5-. The van der Waals surface area contributed by atoms with Crippen molar-refractivity contribution in [1.82, 2.24) is 0 Å². The van der Waals surface area contributed by atoms with Crippen LogP contribution in [0.25, 0.3) is 6.08 Å². The van der Waals surface area contributed by atoms with Crippen LogP contribution in [0.2, 0.25) is 5.02 Å². The van der Waals surface area contributed by atoms with Gasteiger partial charge >= 0.3 is 5.97 Å². The largest absolute Gasteiger partial charge is 0.496 e. The molecule has 0 saturated heterocycles. The van der Waals surface area contributed by atoms with Crippen LogP contribution in [0.15, 0.2) is 45.5 Å². The van der Waals surface area contributed by atoms with E-state index in [2.05, 4.69) is 20.9 Å². The summed E-state index contributed by atoms with van der Waals surface area (Å²) in [5.74, 6) is -2.64. The summed E-state index contributed by atoms with van der Waals surface area (Å²) in [5, 5.41) is -0.119. The number of methoxy groups -OCH3 is 1. The number of benzene rings is 2. The Kier molecular flexibility index (Phi) is 4.87. The second-order valence-electron chi connectivity index (χ2n) is 4.97. The van der Waals surface area contributed by atoms with Crippen LogP contribution in [0.5, 0.6) is 5.75 Å². The van der Waals surface area contributed by atoms with Gasteiger partial charge in [-0.2, -0.15) is 0 Å². The first kappa shape index (κ1) is 17.6. The molecule has 0 fully saturated rings. The fourth-order valence-corrected chi connectivity index (χ4v) is 2.79. The number of hydrogen-bond donors (Lipinski definition) is 0. The van der Waals surface area contributed by atoms with Crippen LogP contribution in [-0.2, 0) is 9.53 Å². The van der Waals surface area contributed by atoms with Crippen molar-refractivity contribution < 1.29 is 23.0 Å². The fraction of sp³-hybridized carbons (Fsp3) is 0.0588. The Morgan fingerprint density at radius 2 is 1.96 bits per heavy atom. The van der Waals surface area contributed by atoms with Gasteiger partial charge in [-0.3, -0.25) is 0 Å². The molecule has 0 atom stereocenters. The number of cyclic esters (lactones) is 1. The second kappa shape index (κ2) is 6.93. The van der Waals surface area contributed by atoms with E-state index in [1.54, 1.807) is 18.2 Å². The van der Waals surface area contributed by atoms with Gasteiger partial charge in [-0.15, -0.1) is 0 Å². The van der Waals surface area contributed by atoms with E-state index in [0.29, 0.717) is 11.3 Å². The SMILES string of the molecule is COc1ccc(Br)cc1/C=C1\N=C(c2cc(F)c(F)cc2Cl)OC1=O. The van der Waals surface area contributed by atoms with E-state index in [0.717, 1.165) is 16.6 Å². The molecular formula is C17H9BrClF2NO3. The van der Waals surface area contributed by atoms with Crippen LogP contribution in [0, 0.1) is 11.6 Å². The number of carbonyl (C=O) groups excluding carboxylic acids is 1. The highest BCUT2D eigenvalue weighted by atomic mass is 79.9. The molecular weight excluding hydrogens is 420 g/mol. The summed E-state index contributed by atoms with van der Waals surface area (Å²) in [6.45, 7) is 0. The molecule has 0 unspecified atom stereocenters. The molecule has 1 aliphatic rings. The lowest BCUT2D eigenvalue weighted by Crippen LogP contribution is -2.07. The Morgan fingerprint density at radius 3 is 2.68 bits per heavy atom. The number of aliphatic imine (C=N–C) groups is 1. The van der Waals surface area contributed by atoms with Crippen molar-refractivity contribution in [3.63, 3.8) is 0 Å². The minimum Gasteiger partial charge on any atom is -0.496 e. The van der Waals surface area contributed by atoms with Gasteiger partial charge in [-0.25, -0.2) is 18.6 Å². The highest BCUT2D eigenvalue weighted by Crippen LogP contribution is 2.29. The van der Waals surface area contributed by atoms with E-state index in [1.807, 2.05) is 0 Å². The van der Waals surface area contributed by atoms with E-state index in [1.165, 1.54) is 13.2 Å². The summed E-state index contributed by atoms with van der Waals surface area (Å²) in [5.41, 5.74) is 0.552. The van der Waals surface area contributed by atoms with Crippen molar-refractivity contribution in [3.05, 3.63) is 68.3 Å². The molecule has 0 radical (unpaired) electrons. The predicted molar refractivity (Wildman–Crippen MR) is 92.7 cm³/mol. The Labute approximate surface area is 154 Å². The lowest BCUT2D eigenvalue weighted by Gasteiger charge is -2.04. The van der Waals surface area contributed by atoms with Crippen LogP contribution in [0.3, 0.4) is 0 Å². The zero-order chi connectivity index (χ0) is 18.1. The molecule has 4 nitrogen and oxygen atoms in total. The molecule has 128 valence electrons. The normalized spacial score (nSPS) is 15.3. The average molecular weight is 429 g/mol. The number of halogens is 4. The minimum atomic E-state index is -1.12. The minimum absolute atomic E-state index is 0.0153. The van der Waals surface area contributed by atoms with Gasteiger partial charge in [0.25, 0.3) is 0 Å². The van der Waals surface area contributed by atoms with E-state index in [4.69, 9.17) is 21.1 Å². The Morgan fingerprint density at radius 1 is 1.24 bits per heavy atom. The summed E-state index contributed by atoms with van der Waals surface area (Å²) in [4.78, 5) is 16.1. The third-order valence-corrected chi connectivity index (χ3v) is 4.15. The van der Waals surface area contributed by atoms with E-state index in [-0.39, 0.29) is 22.2 Å². The van der Waals surface area contributed by atoms with Crippen LogP contribution < -0.4 is 4.74 Å². The quantitative estimate of drug-likeness (QED) is 0.403. The highest BCUT2D eigenvalue weighted by molar-refractivity contribution is 9.10. The van der Waals surface area contributed by atoms with Gasteiger partial charge in [0, 0.05) is 10.0 Å². The van der Waals surface area contributed by atoms with Crippen molar-refractivity contribution in [1.29, 1.82) is 0 Å². The summed E-state index contributed by atoms with van der Waals surface area (Å²) in [6, 6.07) is 6.85. The molecule has 0 bridgehead atoms. The fourth-order valence-electron chi connectivity index (χ4n) is 2.18. The van der Waals surface area contributed by atoms with Crippen LogP contribution in [0.4, 0.5) is 8.78 Å². The third kappa shape index (κ3) is 3.57. The average Bonchev–Trinajstić information content (AvgIpc) is 2.92. The first-order chi connectivity index (χ1) is 11.9. The molecule has 8 heteroatoms. The number of nitrogens with zero attached hydrogens (tertiary/aromatic N) is 1. The Balaban J connectivity index is 2.04. The van der Waals surface area contributed by atoms with Crippen molar-refractivity contribution in [2.45, 2.75) is 0 Å². The molecule has 2 aromatic carbocycles. The molecule has 0 N–H and O–H groups in total. The topological polar surface area (TPSA) is 47.9 Å². The molecule has 0 aromatic heterocycles. The first-order valence-electron chi connectivity index (χ1n) is 6.90. The van der Waals surface area contributed by atoms with Crippen LogP contribution in [0.1, 0.15) is 11.1 Å². The molecule has 0 spiro atoms. The number of rotatable bonds is 3. The molecule has 3 rings (SSSR count). The Hall–Kier alpha value is -2.25. The maximum atomic E-state index is 13.4. The van der Waals surface area contributed by atoms with Crippen LogP contribution >= 0.6 is 27.5 Å². The molecule has 1 heterocycles. The van der Waals surface area contributed by atoms with Gasteiger partial charge in [0.1, 0.15) is 5.75 Å². The van der Waals surface area contributed by atoms with Crippen LogP contribution in [-0.4, -0.2) is 19.0 Å². The molecule has 25 heavy (non-hydrogen) atoms. The molecule has 0 amide bonds. The molecule has 0 aliphatic carbocycles. The highest BCUT2D eigenvalue weighted by Gasteiger charge is 2.27. The van der Waals surface area contributed by atoms with Gasteiger partial charge < -0.3 is 9.47 Å². The first-order valence-corrected chi connectivity index (χ1v) is 8.07. The monoisotopic (exact) mass is 427 g/mol. The van der Waals surface area contributed by atoms with E-state index >= 15 is 0 Å². The van der Waals surface area contributed by atoms with Gasteiger partial charge in [0.15, 0.2) is 17.3 Å². The number of ether oxygens (including phenoxy) is 2. The molecule has 1 aliphatic heterocycles. The van der Waals surface area contributed by atoms with Gasteiger partial charge in [-0.05, 0) is 36.4 Å². The summed E-state index contributed by atoms with van der Waals surface area (Å²) >= 11 is 9.21. The maximum absolute atomic E-state index is 13.4. The zero-order valence-electron chi connectivity index (χ0n) is 12.6. The van der Waals surface area contributed by atoms with E-state index in [9.17, 15) is 13.6 Å². The van der Waals surface area contributed by atoms with E-state index < -0.39 is 17.6 Å². The Bertz CT molecular complexity index is 944. The molecule has 2 aromatic rings. The summed E-state index contributed by atoms with van der Waals surface area (Å²) < 4.78 is 37.6. The number of hydrogen-bond acceptors (Lipinski definition) is 4. The summed E-state index contributed by atoms with van der Waals surface area (Å²) in [6.07, 6.45) is 1.46. The van der Waals surface area contributed by atoms with Crippen molar-refractivity contribution >= 4 is 45.5 Å². The smallest absolute Gasteiger partial charge is 0.363 e. The van der Waals surface area contributed by atoms with Gasteiger partial charge in [0.2, 0.25) is 5.90 Å². The van der Waals surface area contributed by atoms with Gasteiger partial charge in [0.05, 0.1) is 17.7 Å². The van der Waals surface area contributed by atoms with Crippen molar-refractivity contribution in [3.8, 4) is 5.75 Å². The third-order valence-electron chi connectivity index (χ3n) is 3.34. The lowest BCUT2D eigenvalue weighted by atomic mass is 10.1. The number of carbonyl (C=O) groups is 1. The van der Waals surface area contributed by atoms with Crippen molar-refractivity contribution in [2.24, 2.45) is 4.99 Å². The number of esters is 1. The molecule has 0 saturated carbocycles. The maximum Gasteiger partial charge on any atom is 0.363 e. The summed E-state index contributed by atoms with van der Waals surface area (Å²) in [7, 11) is 1.49. The second-order valence-corrected chi connectivity index (χ2v) is 6.29. The van der Waals surface area contributed by atoms with Gasteiger partial charge in [-0.1, -0.05) is 27.5 Å². The lowest BCUT2D eigenvalue weighted by molar-refractivity contribution is -0.129. The van der Waals surface area contributed by atoms with Crippen molar-refractivity contribution in [2.75, 3.05) is 7.11 Å².